The standard InChI is InChI=1S/C22H27N3O4.ClH/c1-25(2)14-13-23-22(27)17-7-5-6-8-18(17)24-21(26)12-10-16-9-11-19(28-3)20(15-16)29-4;/h5-12,15H,13-14H2,1-4H3,(H,23,27)(H,24,26);1H/b12-10+;. The molecular formula is C22H28ClN3O4. The first-order chi connectivity index (χ1) is 13.9. The molecule has 0 saturated heterocycles. The number of anilines is 1. The maximum absolute atomic E-state index is 12.4. The zero-order valence-corrected chi connectivity index (χ0v) is 18.4. The summed E-state index contributed by atoms with van der Waals surface area (Å²) in [5.41, 5.74) is 1.66. The number of nitrogens with one attached hydrogen (secondary N) is 2. The Morgan fingerprint density at radius 3 is 2.40 bits per heavy atom. The van der Waals surface area contributed by atoms with E-state index >= 15 is 0 Å². The first-order valence-electron chi connectivity index (χ1n) is 9.17. The summed E-state index contributed by atoms with van der Waals surface area (Å²) in [5, 5.41) is 5.61. The van der Waals surface area contributed by atoms with Gasteiger partial charge in [0.1, 0.15) is 0 Å². The third-order valence-electron chi connectivity index (χ3n) is 4.11. The van der Waals surface area contributed by atoms with Crippen LogP contribution in [0.15, 0.2) is 48.5 Å². The van der Waals surface area contributed by atoms with E-state index in [0.717, 1.165) is 12.1 Å². The van der Waals surface area contributed by atoms with Crippen LogP contribution in [0.2, 0.25) is 0 Å². The molecule has 0 spiro atoms. The zero-order valence-electron chi connectivity index (χ0n) is 17.6. The minimum Gasteiger partial charge on any atom is -0.493 e. The van der Waals surface area contributed by atoms with E-state index in [2.05, 4.69) is 10.6 Å². The van der Waals surface area contributed by atoms with Crippen LogP contribution in [0.4, 0.5) is 5.69 Å². The Labute approximate surface area is 183 Å². The van der Waals surface area contributed by atoms with Crippen molar-refractivity contribution in [2.75, 3.05) is 46.7 Å². The Morgan fingerprint density at radius 1 is 1.03 bits per heavy atom. The second-order valence-electron chi connectivity index (χ2n) is 6.54. The molecule has 0 aliphatic heterocycles. The summed E-state index contributed by atoms with van der Waals surface area (Å²) in [6.07, 6.45) is 3.07. The molecule has 2 N–H and O–H groups in total. The molecule has 0 radical (unpaired) electrons. The van der Waals surface area contributed by atoms with Crippen LogP contribution in [0, 0.1) is 0 Å². The van der Waals surface area contributed by atoms with Crippen LogP contribution < -0.4 is 20.1 Å². The smallest absolute Gasteiger partial charge is 0.253 e. The van der Waals surface area contributed by atoms with Gasteiger partial charge in [-0.25, -0.2) is 0 Å². The molecule has 7 nitrogen and oxygen atoms in total. The number of amides is 2. The van der Waals surface area contributed by atoms with Gasteiger partial charge < -0.3 is 25.0 Å². The van der Waals surface area contributed by atoms with E-state index in [1.165, 1.54) is 6.08 Å². The van der Waals surface area contributed by atoms with Crippen LogP contribution in [-0.2, 0) is 4.79 Å². The van der Waals surface area contributed by atoms with Crippen LogP contribution >= 0.6 is 12.4 Å². The average molecular weight is 434 g/mol. The van der Waals surface area contributed by atoms with Gasteiger partial charge >= 0.3 is 0 Å². The highest BCUT2D eigenvalue weighted by Crippen LogP contribution is 2.28. The largest absolute Gasteiger partial charge is 0.493 e. The van der Waals surface area contributed by atoms with Crippen LogP contribution in [0.1, 0.15) is 15.9 Å². The van der Waals surface area contributed by atoms with Gasteiger partial charge in [0, 0.05) is 19.2 Å². The number of methoxy groups -OCH3 is 2. The monoisotopic (exact) mass is 433 g/mol. The lowest BCUT2D eigenvalue weighted by atomic mass is 10.1. The number of carbonyl (C=O) groups is 2. The molecule has 8 heteroatoms. The molecule has 2 aromatic carbocycles. The van der Waals surface area contributed by atoms with Crippen molar-refractivity contribution in [3.05, 3.63) is 59.7 Å². The summed E-state index contributed by atoms with van der Waals surface area (Å²) >= 11 is 0. The normalized spacial score (nSPS) is 10.4. The Bertz CT molecular complexity index is 884. The van der Waals surface area contributed by atoms with Gasteiger partial charge in [0.15, 0.2) is 11.5 Å². The van der Waals surface area contributed by atoms with Crippen molar-refractivity contribution in [1.29, 1.82) is 0 Å². The molecule has 0 fully saturated rings. The third-order valence-corrected chi connectivity index (χ3v) is 4.11. The van der Waals surface area contributed by atoms with Gasteiger partial charge in [-0.05, 0) is 50.0 Å². The first kappa shape index (κ1) is 25.0. The number of nitrogens with zero attached hydrogens (tertiary/aromatic N) is 1. The van der Waals surface area contributed by atoms with E-state index in [0.29, 0.717) is 29.3 Å². The van der Waals surface area contributed by atoms with E-state index in [4.69, 9.17) is 9.47 Å². The molecule has 0 aliphatic carbocycles. The lowest BCUT2D eigenvalue weighted by Gasteiger charge is -2.12. The summed E-state index contributed by atoms with van der Waals surface area (Å²) in [5.74, 6) is 0.623. The number of halogens is 1. The summed E-state index contributed by atoms with van der Waals surface area (Å²) in [6, 6.07) is 12.3. The predicted molar refractivity (Wildman–Crippen MR) is 122 cm³/mol. The van der Waals surface area contributed by atoms with Gasteiger partial charge in [0.2, 0.25) is 5.91 Å². The molecule has 0 unspecified atom stereocenters. The quantitative estimate of drug-likeness (QED) is 0.594. The molecule has 0 bridgehead atoms. The number of para-hydroxylation sites is 1. The number of benzene rings is 2. The SMILES string of the molecule is COc1ccc(/C=C/C(=O)Nc2ccccc2C(=O)NCCN(C)C)cc1OC.Cl. The van der Waals surface area contributed by atoms with E-state index < -0.39 is 0 Å². The van der Waals surface area contributed by atoms with Crippen LogP contribution in [0.5, 0.6) is 11.5 Å². The molecule has 0 aliphatic rings. The summed E-state index contributed by atoms with van der Waals surface area (Å²) in [7, 11) is 6.99. The van der Waals surface area contributed by atoms with Crippen molar-refractivity contribution < 1.29 is 19.1 Å². The van der Waals surface area contributed by atoms with Gasteiger partial charge in [-0.1, -0.05) is 18.2 Å². The molecule has 2 rings (SSSR count). The Kier molecular flexibility index (Phi) is 10.4. The van der Waals surface area contributed by atoms with Crippen LogP contribution in [0.25, 0.3) is 6.08 Å². The van der Waals surface area contributed by atoms with Crippen LogP contribution in [0.3, 0.4) is 0 Å². The Hall–Kier alpha value is -3.03. The molecule has 30 heavy (non-hydrogen) atoms. The van der Waals surface area contributed by atoms with E-state index in [-0.39, 0.29) is 24.2 Å². The minimum atomic E-state index is -0.340. The lowest BCUT2D eigenvalue weighted by Crippen LogP contribution is -2.31. The molecule has 162 valence electrons. The highest BCUT2D eigenvalue weighted by Gasteiger charge is 2.12. The van der Waals surface area contributed by atoms with Crippen molar-refractivity contribution in [2.45, 2.75) is 0 Å². The van der Waals surface area contributed by atoms with Gasteiger partial charge in [-0.2, -0.15) is 0 Å². The molecule has 2 amide bonds. The zero-order chi connectivity index (χ0) is 21.2. The van der Waals surface area contributed by atoms with Gasteiger partial charge in [-0.3, -0.25) is 9.59 Å². The number of carbonyl (C=O) groups excluding carboxylic acids is 2. The Balaban J connectivity index is 0.00000450. The molecule has 0 aromatic heterocycles. The fourth-order valence-electron chi connectivity index (χ4n) is 2.58. The van der Waals surface area contributed by atoms with Crippen molar-refractivity contribution >= 4 is 36.0 Å². The lowest BCUT2D eigenvalue weighted by molar-refractivity contribution is -0.111. The van der Waals surface area contributed by atoms with E-state index in [1.54, 1.807) is 56.7 Å². The molecular weight excluding hydrogens is 406 g/mol. The summed E-state index contributed by atoms with van der Waals surface area (Å²) < 4.78 is 10.5. The van der Waals surface area contributed by atoms with Crippen molar-refractivity contribution in [1.82, 2.24) is 10.2 Å². The number of ether oxygens (including phenoxy) is 2. The molecule has 2 aromatic rings. The number of rotatable bonds is 9. The van der Waals surface area contributed by atoms with Gasteiger partial charge in [0.25, 0.3) is 5.91 Å². The second-order valence-corrected chi connectivity index (χ2v) is 6.54. The minimum absolute atomic E-state index is 0. The summed E-state index contributed by atoms with van der Waals surface area (Å²) in [4.78, 5) is 26.7. The highest BCUT2D eigenvalue weighted by molar-refractivity contribution is 6.07. The second kappa shape index (κ2) is 12.5. The first-order valence-corrected chi connectivity index (χ1v) is 9.17. The topological polar surface area (TPSA) is 79.9 Å². The molecule has 0 atom stereocenters. The van der Waals surface area contributed by atoms with Gasteiger partial charge in [0.05, 0.1) is 25.5 Å². The predicted octanol–water partition coefficient (Wildman–Crippen LogP) is 3.07. The van der Waals surface area contributed by atoms with Crippen molar-refractivity contribution in [3.63, 3.8) is 0 Å². The third kappa shape index (κ3) is 7.42. The molecule has 0 saturated carbocycles. The number of hydrogen-bond donors (Lipinski definition) is 2. The van der Waals surface area contributed by atoms with Crippen molar-refractivity contribution in [3.8, 4) is 11.5 Å². The Morgan fingerprint density at radius 2 is 1.73 bits per heavy atom. The van der Waals surface area contributed by atoms with Crippen molar-refractivity contribution in [2.24, 2.45) is 0 Å². The molecule has 0 heterocycles. The van der Waals surface area contributed by atoms with Gasteiger partial charge in [-0.15, -0.1) is 12.4 Å². The fourth-order valence-corrected chi connectivity index (χ4v) is 2.58. The fraction of sp³-hybridized carbons (Fsp3) is 0.273. The van der Waals surface area contributed by atoms with E-state index in [1.807, 2.05) is 25.1 Å². The maximum Gasteiger partial charge on any atom is 0.253 e. The maximum atomic E-state index is 12.4. The highest BCUT2D eigenvalue weighted by atomic mass is 35.5. The number of hydrogen-bond acceptors (Lipinski definition) is 5. The van der Waals surface area contributed by atoms with Crippen LogP contribution in [-0.4, -0.2) is 58.1 Å². The van der Waals surface area contributed by atoms with E-state index in [9.17, 15) is 9.59 Å². The average Bonchev–Trinajstić information content (AvgIpc) is 2.72. The number of likely N-dealkylation sites (N-methyl/N-ethyl adjacent to an activating group) is 1. The summed E-state index contributed by atoms with van der Waals surface area (Å²) in [6.45, 7) is 1.25.